The van der Waals surface area contributed by atoms with Crippen LogP contribution in [0.5, 0.6) is 0 Å². The molecule has 2 heterocycles. The van der Waals surface area contributed by atoms with Gasteiger partial charge in [0.2, 0.25) is 0 Å². The smallest absolute Gasteiger partial charge is 0.265 e. The number of amides is 1. The summed E-state index contributed by atoms with van der Waals surface area (Å²) < 4.78 is 0. The second-order valence-corrected chi connectivity index (χ2v) is 5.85. The van der Waals surface area contributed by atoms with Crippen molar-refractivity contribution in [1.82, 2.24) is 15.6 Å². The van der Waals surface area contributed by atoms with Gasteiger partial charge in [0.05, 0.1) is 0 Å². The van der Waals surface area contributed by atoms with Crippen LogP contribution >= 0.6 is 11.3 Å². The van der Waals surface area contributed by atoms with Crippen LogP contribution in [0.1, 0.15) is 35.9 Å². The number of hydrogen-bond acceptors (Lipinski definition) is 6. The number of nitrogens with zero attached hydrogens (tertiary/aromatic N) is 2. The summed E-state index contributed by atoms with van der Waals surface area (Å²) in [6, 6.07) is 0. The molecule has 112 valence electrons. The van der Waals surface area contributed by atoms with Gasteiger partial charge in [0.25, 0.3) is 5.91 Å². The molecule has 0 unspecified atom stereocenters. The molecule has 6 nitrogen and oxygen atoms in total. The fourth-order valence-corrected chi connectivity index (χ4v) is 3.15. The Morgan fingerprint density at radius 1 is 1.40 bits per heavy atom. The monoisotopic (exact) mass is 297 g/mol. The molecule has 0 bridgehead atoms. The summed E-state index contributed by atoms with van der Waals surface area (Å²) in [5, 5.41) is 6.99. The van der Waals surface area contributed by atoms with E-state index >= 15 is 0 Å². The highest BCUT2D eigenvalue weighted by atomic mass is 32.1. The number of nitrogen functional groups attached to an aromatic ring is 1. The second-order valence-electron chi connectivity index (χ2n) is 4.87. The number of rotatable bonds is 7. The van der Waals surface area contributed by atoms with Crippen LogP contribution in [0.15, 0.2) is 0 Å². The average molecular weight is 297 g/mol. The Morgan fingerprint density at radius 2 is 2.15 bits per heavy atom. The van der Waals surface area contributed by atoms with E-state index in [0.29, 0.717) is 17.2 Å². The van der Waals surface area contributed by atoms with Gasteiger partial charge in [0.1, 0.15) is 10.7 Å². The molecule has 1 aromatic rings. The molecule has 20 heavy (non-hydrogen) atoms. The molecule has 4 N–H and O–H groups in total. The van der Waals surface area contributed by atoms with E-state index < -0.39 is 0 Å². The van der Waals surface area contributed by atoms with E-state index in [9.17, 15) is 4.79 Å². The van der Waals surface area contributed by atoms with Gasteiger partial charge in [-0.3, -0.25) is 4.79 Å². The van der Waals surface area contributed by atoms with Crippen LogP contribution in [-0.2, 0) is 0 Å². The Bertz CT molecular complexity index is 442. The summed E-state index contributed by atoms with van der Waals surface area (Å²) in [4.78, 5) is 19.1. The summed E-state index contributed by atoms with van der Waals surface area (Å²) in [7, 11) is 0. The van der Waals surface area contributed by atoms with Crippen molar-refractivity contribution in [2.75, 3.05) is 43.4 Å². The largest absolute Gasteiger partial charge is 0.382 e. The molecule has 1 aromatic heterocycles. The molecule has 7 heteroatoms. The van der Waals surface area contributed by atoms with Crippen LogP contribution in [0.2, 0.25) is 0 Å². The van der Waals surface area contributed by atoms with Gasteiger partial charge in [0, 0.05) is 19.6 Å². The first-order chi connectivity index (χ1) is 9.72. The predicted molar refractivity (Wildman–Crippen MR) is 83.5 cm³/mol. The predicted octanol–water partition coefficient (Wildman–Crippen LogP) is 1.05. The Hall–Kier alpha value is -1.34. The summed E-state index contributed by atoms with van der Waals surface area (Å²) in [5.74, 6) is 0.239. The maximum Gasteiger partial charge on any atom is 0.265 e. The van der Waals surface area contributed by atoms with Crippen LogP contribution in [-0.4, -0.2) is 43.6 Å². The van der Waals surface area contributed by atoms with Crippen LogP contribution in [0.3, 0.4) is 0 Å². The number of hydrogen-bond donors (Lipinski definition) is 3. The SMILES string of the molecule is CCNCCCNC(=O)c1sc(N2CCCC2)nc1N. The van der Waals surface area contributed by atoms with Gasteiger partial charge in [-0.1, -0.05) is 18.3 Å². The quantitative estimate of drug-likeness (QED) is 0.655. The van der Waals surface area contributed by atoms with Crippen molar-refractivity contribution in [2.45, 2.75) is 26.2 Å². The van der Waals surface area contributed by atoms with E-state index in [4.69, 9.17) is 5.73 Å². The van der Waals surface area contributed by atoms with Gasteiger partial charge < -0.3 is 21.3 Å². The summed E-state index contributed by atoms with van der Waals surface area (Å²) in [6.07, 6.45) is 3.29. The lowest BCUT2D eigenvalue weighted by Crippen LogP contribution is -2.27. The molecule has 0 saturated carbocycles. The van der Waals surface area contributed by atoms with E-state index in [1.54, 1.807) is 0 Å². The highest BCUT2D eigenvalue weighted by molar-refractivity contribution is 7.18. The number of nitrogens with two attached hydrogens (primary N) is 1. The van der Waals surface area contributed by atoms with E-state index in [-0.39, 0.29) is 5.91 Å². The van der Waals surface area contributed by atoms with Crippen molar-refractivity contribution in [1.29, 1.82) is 0 Å². The lowest BCUT2D eigenvalue weighted by molar-refractivity contribution is 0.0958. The van der Waals surface area contributed by atoms with Gasteiger partial charge in [-0.15, -0.1) is 0 Å². The first-order valence-corrected chi connectivity index (χ1v) is 8.04. The summed E-state index contributed by atoms with van der Waals surface area (Å²) in [6.45, 7) is 6.61. The third kappa shape index (κ3) is 3.83. The van der Waals surface area contributed by atoms with E-state index in [1.807, 2.05) is 0 Å². The molecule has 2 rings (SSSR count). The van der Waals surface area contributed by atoms with Crippen LogP contribution < -0.4 is 21.3 Å². The number of anilines is 2. The topological polar surface area (TPSA) is 83.3 Å². The summed E-state index contributed by atoms with van der Waals surface area (Å²) >= 11 is 1.40. The minimum absolute atomic E-state index is 0.109. The third-order valence-electron chi connectivity index (χ3n) is 3.29. The van der Waals surface area contributed by atoms with E-state index in [0.717, 1.165) is 37.7 Å². The Labute approximate surface area is 123 Å². The maximum absolute atomic E-state index is 12.1. The highest BCUT2D eigenvalue weighted by Crippen LogP contribution is 2.30. The number of carbonyl (C=O) groups is 1. The van der Waals surface area contributed by atoms with Crippen molar-refractivity contribution < 1.29 is 4.79 Å². The normalized spacial score (nSPS) is 14.8. The standard InChI is InChI=1S/C13H23N5OS/c1-2-15-6-5-7-16-12(19)10-11(14)17-13(20-10)18-8-3-4-9-18/h15H,2-9,14H2,1H3,(H,16,19). The van der Waals surface area contributed by atoms with Crippen molar-refractivity contribution in [3.05, 3.63) is 4.88 Å². The number of thiazole rings is 1. The molecule has 0 radical (unpaired) electrons. The van der Waals surface area contributed by atoms with Crippen molar-refractivity contribution in [3.8, 4) is 0 Å². The van der Waals surface area contributed by atoms with Crippen molar-refractivity contribution in [3.63, 3.8) is 0 Å². The molecule has 0 spiro atoms. The van der Waals surface area contributed by atoms with Crippen LogP contribution in [0, 0.1) is 0 Å². The molecule has 1 fully saturated rings. The number of nitrogens with one attached hydrogen (secondary N) is 2. The summed E-state index contributed by atoms with van der Waals surface area (Å²) in [5.41, 5.74) is 5.86. The second kappa shape index (κ2) is 7.44. The molecule has 1 aliphatic heterocycles. The fourth-order valence-electron chi connectivity index (χ4n) is 2.20. The molecular weight excluding hydrogens is 274 g/mol. The zero-order valence-electron chi connectivity index (χ0n) is 11.9. The maximum atomic E-state index is 12.1. The Balaban J connectivity index is 1.86. The van der Waals surface area contributed by atoms with E-state index in [2.05, 4.69) is 27.4 Å². The minimum atomic E-state index is -0.109. The molecule has 1 amide bonds. The average Bonchev–Trinajstić information content (AvgIpc) is 3.07. The van der Waals surface area contributed by atoms with Gasteiger partial charge in [-0.25, -0.2) is 4.98 Å². The van der Waals surface area contributed by atoms with Gasteiger partial charge >= 0.3 is 0 Å². The molecule has 0 aromatic carbocycles. The number of carbonyl (C=O) groups excluding carboxylic acids is 1. The van der Waals surface area contributed by atoms with Crippen molar-refractivity contribution >= 4 is 28.2 Å². The molecule has 0 aliphatic carbocycles. The van der Waals surface area contributed by atoms with E-state index in [1.165, 1.54) is 24.2 Å². The minimum Gasteiger partial charge on any atom is -0.382 e. The highest BCUT2D eigenvalue weighted by Gasteiger charge is 2.21. The molecule has 1 aliphatic rings. The van der Waals surface area contributed by atoms with Gasteiger partial charge in [0.15, 0.2) is 5.13 Å². The molecular formula is C13H23N5OS. The lowest BCUT2D eigenvalue weighted by atomic mass is 10.4. The van der Waals surface area contributed by atoms with Crippen LogP contribution in [0.4, 0.5) is 10.9 Å². The zero-order valence-corrected chi connectivity index (χ0v) is 12.8. The lowest BCUT2D eigenvalue weighted by Gasteiger charge is -2.11. The first kappa shape index (κ1) is 15.1. The third-order valence-corrected chi connectivity index (χ3v) is 4.42. The molecule has 0 atom stereocenters. The Kier molecular flexibility index (Phi) is 5.60. The first-order valence-electron chi connectivity index (χ1n) is 7.22. The van der Waals surface area contributed by atoms with Crippen LogP contribution in [0.25, 0.3) is 0 Å². The van der Waals surface area contributed by atoms with Crippen molar-refractivity contribution in [2.24, 2.45) is 0 Å². The number of aromatic nitrogens is 1. The van der Waals surface area contributed by atoms with Gasteiger partial charge in [-0.2, -0.15) is 0 Å². The zero-order chi connectivity index (χ0) is 14.4. The van der Waals surface area contributed by atoms with Gasteiger partial charge in [-0.05, 0) is 32.4 Å². The molecule has 1 saturated heterocycles. The fraction of sp³-hybridized carbons (Fsp3) is 0.692. The Morgan fingerprint density at radius 3 is 2.85 bits per heavy atom.